The number of carbonyl (C=O) groups is 1. The Morgan fingerprint density at radius 1 is 1.32 bits per heavy atom. The van der Waals surface area contributed by atoms with Crippen LogP contribution in [0.15, 0.2) is 30.5 Å². The number of H-pyrrole nitrogens is 1. The van der Waals surface area contributed by atoms with Gasteiger partial charge in [-0.25, -0.2) is 0 Å². The van der Waals surface area contributed by atoms with Crippen molar-refractivity contribution >= 4 is 16.8 Å². The van der Waals surface area contributed by atoms with Gasteiger partial charge in [0, 0.05) is 30.2 Å². The third kappa shape index (κ3) is 3.33. The molecule has 0 atom stereocenters. The summed E-state index contributed by atoms with van der Waals surface area (Å²) in [5, 5.41) is 1.15. The molecule has 2 heterocycles. The largest absolute Gasteiger partial charge is 0.375 e. The third-order valence-electron chi connectivity index (χ3n) is 4.28. The maximum Gasteiger partial charge on any atom is 0.227 e. The highest BCUT2D eigenvalue weighted by Crippen LogP contribution is 2.20. The number of rotatable bonds is 4. The number of benzene rings is 1. The van der Waals surface area contributed by atoms with E-state index in [-0.39, 0.29) is 12.0 Å². The Kier molecular flexibility index (Phi) is 4.48. The van der Waals surface area contributed by atoms with E-state index in [1.807, 2.05) is 29.3 Å². The summed E-state index contributed by atoms with van der Waals surface area (Å²) < 4.78 is 5.84. The summed E-state index contributed by atoms with van der Waals surface area (Å²) in [4.78, 5) is 17.7. The predicted octanol–water partition coefficient (Wildman–Crippen LogP) is 3.13. The van der Waals surface area contributed by atoms with Crippen LogP contribution in [0.4, 0.5) is 0 Å². The van der Waals surface area contributed by atoms with Crippen LogP contribution in [-0.2, 0) is 16.0 Å². The fourth-order valence-electron chi connectivity index (χ4n) is 3.18. The van der Waals surface area contributed by atoms with Crippen molar-refractivity contribution in [2.45, 2.75) is 45.3 Å². The highest BCUT2D eigenvalue weighted by molar-refractivity contribution is 5.88. The zero-order valence-corrected chi connectivity index (χ0v) is 13.3. The van der Waals surface area contributed by atoms with Crippen molar-refractivity contribution in [2.24, 2.45) is 0 Å². The molecule has 2 aromatic rings. The number of hydrogen-bond donors (Lipinski definition) is 1. The molecule has 1 aromatic carbocycles. The number of para-hydroxylation sites is 1. The number of nitrogens with zero attached hydrogens (tertiary/aromatic N) is 1. The summed E-state index contributed by atoms with van der Waals surface area (Å²) in [6.45, 7) is 5.74. The number of likely N-dealkylation sites (tertiary alicyclic amines) is 1. The van der Waals surface area contributed by atoms with E-state index in [9.17, 15) is 4.79 Å². The predicted molar refractivity (Wildman–Crippen MR) is 87.8 cm³/mol. The third-order valence-corrected chi connectivity index (χ3v) is 4.28. The van der Waals surface area contributed by atoms with Gasteiger partial charge in [0.1, 0.15) is 0 Å². The van der Waals surface area contributed by atoms with Crippen LogP contribution >= 0.6 is 0 Å². The average Bonchev–Trinajstić information content (AvgIpc) is 2.91. The molecule has 1 aromatic heterocycles. The maximum absolute atomic E-state index is 12.5. The van der Waals surface area contributed by atoms with Crippen molar-refractivity contribution in [2.75, 3.05) is 13.1 Å². The number of ether oxygens (including phenoxy) is 1. The van der Waals surface area contributed by atoms with E-state index in [0.29, 0.717) is 12.5 Å². The summed E-state index contributed by atoms with van der Waals surface area (Å²) in [6.07, 6.45) is 4.88. The van der Waals surface area contributed by atoms with Gasteiger partial charge in [0.2, 0.25) is 5.91 Å². The van der Waals surface area contributed by atoms with E-state index >= 15 is 0 Å². The van der Waals surface area contributed by atoms with Gasteiger partial charge in [-0.15, -0.1) is 0 Å². The molecule has 1 saturated heterocycles. The number of nitrogens with one attached hydrogen (secondary N) is 1. The van der Waals surface area contributed by atoms with Crippen LogP contribution in [0.3, 0.4) is 0 Å². The number of carbonyl (C=O) groups excluding carboxylic acids is 1. The molecular weight excluding hydrogens is 276 g/mol. The maximum atomic E-state index is 12.5. The Balaban J connectivity index is 1.59. The lowest BCUT2D eigenvalue weighted by molar-refractivity contribution is -0.133. The smallest absolute Gasteiger partial charge is 0.227 e. The first kappa shape index (κ1) is 15.1. The normalized spacial score (nSPS) is 16.6. The van der Waals surface area contributed by atoms with Crippen LogP contribution in [-0.4, -0.2) is 41.1 Å². The zero-order valence-electron chi connectivity index (χ0n) is 13.3. The number of piperidine rings is 1. The summed E-state index contributed by atoms with van der Waals surface area (Å²) in [6, 6.07) is 8.12. The number of fused-ring (bicyclic) bond motifs is 1. The van der Waals surface area contributed by atoms with Crippen molar-refractivity contribution in [1.29, 1.82) is 0 Å². The van der Waals surface area contributed by atoms with Gasteiger partial charge in [-0.3, -0.25) is 4.79 Å². The summed E-state index contributed by atoms with van der Waals surface area (Å²) in [5.74, 6) is 0.216. The van der Waals surface area contributed by atoms with Crippen molar-refractivity contribution in [1.82, 2.24) is 9.88 Å². The molecule has 1 aliphatic heterocycles. The van der Waals surface area contributed by atoms with E-state index in [2.05, 4.69) is 24.9 Å². The van der Waals surface area contributed by atoms with Gasteiger partial charge in [0.15, 0.2) is 0 Å². The molecule has 1 aliphatic rings. The van der Waals surface area contributed by atoms with E-state index in [1.54, 1.807) is 0 Å². The van der Waals surface area contributed by atoms with Crippen LogP contribution in [0.1, 0.15) is 32.3 Å². The minimum absolute atomic E-state index is 0.216. The van der Waals surface area contributed by atoms with E-state index in [0.717, 1.165) is 42.4 Å². The highest BCUT2D eigenvalue weighted by atomic mass is 16.5. The van der Waals surface area contributed by atoms with Gasteiger partial charge in [0.05, 0.1) is 18.6 Å². The molecule has 0 unspecified atom stereocenters. The minimum atomic E-state index is 0.216. The van der Waals surface area contributed by atoms with Gasteiger partial charge in [0.25, 0.3) is 0 Å². The molecule has 1 amide bonds. The zero-order chi connectivity index (χ0) is 15.5. The highest BCUT2D eigenvalue weighted by Gasteiger charge is 2.24. The fraction of sp³-hybridized carbons (Fsp3) is 0.500. The Morgan fingerprint density at radius 3 is 2.77 bits per heavy atom. The van der Waals surface area contributed by atoms with Crippen molar-refractivity contribution in [3.8, 4) is 0 Å². The molecule has 0 radical (unpaired) electrons. The molecule has 0 aliphatic carbocycles. The molecule has 4 nitrogen and oxygen atoms in total. The quantitative estimate of drug-likeness (QED) is 0.943. The number of hydrogen-bond acceptors (Lipinski definition) is 2. The molecule has 1 N–H and O–H groups in total. The van der Waals surface area contributed by atoms with E-state index < -0.39 is 0 Å². The lowest BCUT2D eigenvalue weighted by Gasteiger charge is -2.32. The Morgan fingerprint density at radius 2 is 2.05 bits per heavy atom. The average molecular weight is 300 g/mol. The topological polar surface area (TPSA) is 45.3 Å². The van der Waals surface area contributed by atoms with Gasteiger partial charge in [-0.2, -0.15) is 0 Å². The SMILES string of the molecule is CC(C)OC1CCN(C(=O)Cc2c[nH]c3ccccc23)CC1. The molecule has 1 fully saturated rings. The second-order valence-corrected chi connectivity index (χ2v) is 6.30. The van der Waals surface area contributed by atoms with E-state index in [1.165, 1.54) is 0 Å². The molecule has 0 spiro atoms. The van der Waals surface area contributed by atoms with Crippen molar-refractivity contribution < 1.29 is 9.53 Å². The lowest BCUT2D eigenvalue weighted by Crippen LogP contribution is -2.42. The van der Waals surface area contributed by atoms with Crippen LogP contribution < -0.4 is 0 Å². The first-order chi connectivity index (χ1) is 10.6. The van der Waals surface area contributed by atoms with Crippen LogP contribution in [0.25, 0.3) is 10.9 Å². The van der Waals surface area contributed by atoms with E-state index in [4.69, 9.17) is 4.74 Å². The Hall–Kier alpha value is -1.81. The number of amides is 1. The Bertz CT molecular complexity index is 639. The van der Waals surface area contributed by atoms with Gasteiger partial charge < -0.3 is 14.6 Å². The van der Waals surface area contributed by atoms with Gasteiger partial charge in [-0.05, 0) is 38.3 Å². The molecular formula is C18H24N2O2. The first-order valence-electron chi connectivity index (χ1n) is 8.11. The summed E-state index contributed by atoms with van der Waals surface area (Å²) in [5.41, 5.74) is 2.18. The molecule has 22 heavy (non-hydrogen) atoms. The van der Waals surface area contributed by atoms with Gasteiger partial charge in [-0.1, -0.05) is 18.2 Å². The fourth-order valence-corrected chi connectivity index (χ4v) is 3.18. The molecule has 3 rings (SSSR count). The van der Waals surface area contributed by atoms with Crippen LogP contribution in [0, 0.1) is 0 Å². The Labute approximate surface area is 131 Å². The molecule has 0 saturated carbocycles. The van der Waals surface area contributed by atoms with Crippen LogP contribution in [0.5, 0.6) is 0 Å². The van der Waals surface area contributed by atoms with Crippen molar-refractivity contribution in [3.63, 3.8) is 0 Å². The van der Waals surface area contributed by atoms with Gasteiger partial charge >= 0.3 is 0 Å². The van der Waals surface area contributed by atoms with Crippen LogP contribution in [0.2, 0.25) is 0 Å². The monoisotopic (exact) mass is 300 g/mol. The number of aromatic amines is 1. The second kappa shape index (κ2) is 6.53. The summed E-state index contributed by atoms with van der Waals surface area (Å²) in [7, 11) is 0. The standard InChI is InChI=1S/C18H24N2O2/c1-13(2)22-15-7-9-20(10-8-15)18(21)11-14-12-19-17-6-4-3-5-16(14)17/h3-6,12-13,15,19H,7-11H2,1-2H3. The minimum Gasteiger partial charge on any atom is -0.375 e. The number of aromatic nitrogens is 1. The molecule has 118 valence electrons. The molecule has 0 bridgehead atoms. The lowest BCUT2D eigenvalue weighted by atomic mass is 10.1. The first-order valence-corrected chi connectivity index (χ1v) is 8.11. The van der Waals surface area contributed by atoms with Crippen molar-refractivity contribution in [3.05, 3.63) is 36.0 Å². The molecule has 4 heteroatoms. The summed E-state index contributed by atoms with van der Waals surface area (Å²) >= 11 is 0. The second-order valence-electron chi connectivity index (χ2n) is 6.30.